The van der Waals surface area contributed by atoms with Crippen LogP contribution >= 0.6 is 0 Å². The van der Waals surface area contributed by atoms with Crippen molar-refractivity contribution in [2.24, 2.45) is 0 Å². The van der Waals surface area contributed by atoms with E-state index in [0.717, 1.165) is 30.7 Å². The highest BCUT2D eigenvalue weighted by atomic mass is 16.6. The molecule has 0 amide bonds. The van der Waals surface area contributed by atoms with Crippen LogP contribution in [0.1, 0.15) is 31.2 Å². The minimum atomic E-state index is -0.656. The molecule has 1 aromatic rings. The summed E-state index contributed by atoms with van der Waals surface area (Å²) in [6.45, 7) is 1.48. The number of rotatable bonds is 7. The summed E-state index contributed by atoms with van der Waals surface area (Å²) >= 11 is 0. The quantitative estimate of drug-likeness (QED) is 0.639. The summed E-state index contributed by atoms with van der Waals surface area (Å²) in [5.41, 5.74) is 1.11. The Hall–Kier alpha value is -1.63. The molecule has 3 N–H and O–H groups in total. The Labute approximate surface area is 148 Å². The number of esters is 1. The minimum absolute atomic E-state index is 0.0723. The Kier molecular flexibility index (Phi) is 6.29. The van der Waals surface area contributed by atoms with Gasteiger partial charge >= 0.3 is 5.97 Å². The average Bonchev–Trinajstić information content (AvgIpc) is 3.26. The number of ether oxygens (including phenoxy) is 2. The van der Waals surface area contributed by atoms with Crippen LogP contribution in [0.3, 0.4) is 0 Å². The third-order valence-corrected chi connectivity index (χ3v) is 5.11. The number of hydrogen-bond donors (Lipinski definition) is 3. The molecule has 25 heavy (non-hydrogen) atoms. The first-order valence-electron chi connectivity index (χ1n) is 9.13. The van der Waals surface area contributed by atoms with Crippen LogP contribution in [0.15, 0.2) is 24.3 Å². The van der Waals surface area contributed by atoms with Gasteiger partial charge < -0.3 is 25.2 Å². The number of carbonyl (C=O) groups is 1. The zero-order valence-corrected chi connectivity index (χ0v) is 14.7. The van der Waals surface area contributed by atoms with E-state index in [9.17, 15) is 9.90 Å². The van der Waals surface area contributed by atoms with Crippen molar-refractivity contribution in [3.8, 4) is 5.75 Å². The van der Waals surface area contributed by atoms with Gasteiger partial charge in [0.1, 0.15) is 18.0 Å². The zero-order valence-electron chi connectivity index (χ0n) is 14.7. The van der Waals surface area contributed by atoms with Gasteiger partial charge in [-0.15, -0.1) is 0 Å². The van der Waals surface area contributed by atoms with Crippen molar-refractivity contribution < 1.29 is 19.4 Å². The van der Waals surface area contributed by atoms with E-state index in [1.165, 1.54) is 6.42 Å². The van der Waals surface area contributed by atoms with Crippen molar-refractivity contribution in [1.82, 2.24) is 10.6 Å². The Balaban J connectivity index is 1.51. The van der Waals surface area contributed by atoms with Crippen LogP contribution in [0.5, 0.6) is 5.75 Å². The molecule has 138 valence electrons. The summed E-state index contributed by atoms with van der Waals surface area (Å²) in [6, 6.07) is 8.17. The second-order valence-electron chi connectivity index (χ2n) is 6.92. The van der Waals surface area contributed by atoms with E-state index in [1.807, 2.05) is 24.3 Å². The summed E-state index contributed by atoms with van der Waals surface area (Å²) in [4.78, 5) is 12.2. The highest BCUT2D eigenvalue weighted by Gasteiger charge is 2.37. The van der Waals surface area contributed by atoms with E-state index in [0.29, 0.717) is 25.4 Å². The smallest absolute Gasteiger partial charge is 0.306 e. The Morgan fingerprint density at radius 3 is 2.76 bits per heavy atom. The standard InChI is InChI=1S/C19H28N2O4/c1-24-15-7-4-13(5-8-15)11-16-19(17(22)12-21-16)25-18(23)9-6-14-3-2-10-20-14/h4-5,7-8,14,16-17,19-22H,2-3,6,9-12H2,1H3/t14-,16+,17-,19-/m0/s1. The van der Waals surface area contributed by atoms with Crippen molar-refractivity contribution in [3.63, 3.8) is 0 Å². The predicted molar refractivity (Wildman–Crippen MR) is 94.6 cm³/mol. The average molecular weight is 348 g/mol. The molecule has 4 atom stereocenters. The van der Waals surface area contributed by atoms with E-state index in [2.05, 4.69) is 10.6 Å². The summed E-state index contributed by atoms with van der Waals surface area (Å²) in [7, 11) is 1.64. The SMILES string of the molecule is COc1ccc(C[C@H]2NC[C@H](O)[C@H]2OC(=O)CC[C@@H]2CCCN2)cc1. The number of aliphatic hydroxyl groups is 1. The molecule has 2 aliphatic heterocycles. The lowest BCUT2D eigenvalue weighted by atomic mass is 10.0. The molecule has 2 saturated heterocycles. The van der Waals surface area contributed by atoms with Crippen molar-refractivity contribution in [3.05, 3.63) is 29.8 Å². The maximum Gasteiger partial charge on any atom is 0.306 e. The maximum absolute atomic E-state index is 12.2. The fourth-order valence-corrected chi connectivity index (χ4v) is 3.64. The predicted octanol–water partition coefficient (Wildman–Crippen LogP) is 1.01. The largest absolute Gasteiger partial charge is 0.497 e. The van der Waals surface area contributed by atoms with Crippen molar-refractivity contribution in [2.45, 2.75) is 56.4 Å². The number of aliphatic hydroxyl groups excluding tert-OH is 1. The molecule has 0 radical (unpaired) electrons. The van der Waals surface area contributed by atoms with Crippen LogP contribution in [-0.4, -0.2) is 55.6 Å². The van der Waals surface area contributed by atoms with Gasteiger partial charge in [-0.25, -0.2) is 0 Å². The number of benzene rings is 1. The first-order valence-corrected chi connectivity index (χ1v) is 9.13. The molecule has 6 nitrogen and oxygen atoms in total. The van der Waals surface area contributed by atoms with Crippen LogP contribution in [-0.2, 0) is 16.0 Å². The number of β-amino-alcohol motifs (C(OH)–C–C–N with tert-alkyl or cyclic N) is 1. The second-order valence-corrected chi connectivity index (χ2v) is 6.92. The van der Waals surface area contributed by atoms with Crippen LogP contribution in [0.2, 0.25) is 0 Å². The molecule has 1 aromatic carbocycles. The van der Waals surface area contributed by atoms with Crippen molar-refractivity contribution >= 4 is 5.97 Å². The molecule has 3 rings (SSSR count). The summed E-state index contributed by atoms with van der Waals surface area (Å²) in [5.74, 6) is 0.591. The maximum atomic E-state index is 12.2. The van der Waals surface area contributed by atoms with Crippen molar-refractivity contribution in [2.75, 3.05) is 20.2 Å². The lowest BCUT2D eigenvalue weighted by Crippen LogP contribution is -2.39. The lowest BCUT2D eigenvalue weighted by molar-refractivity contribution is -0.154. The Bertz CT molecular complexity index is 557. The van der Waals surface area contributed by atoms with Gasteiger partial charge in [-0.3, -0.25) is 4.79 Å². The molecular formula is C19H28N2O4. The van der Waals surface area contributed by atoms with Crippen molar-refractivity contribution in [1.29, 1.82) is 0 Å². The molecule has 0 saturated carbocycles. The molecule has 2 fully saturated rings. The van der Waals surface area contributed by atoms with Crippen LogP contribution < -0.4 is 15.4 Å². The summed E-state index contributed by atoms with van der Waals surface area (Å²) < 4.78 is 10.8. The van der Waals surface area contributed by atoms with Gasteiger partial charge in [0.25, 0.3) is 0 Å². The van der Waals surface area contributed by atoms with Gasteiger partial charge in [-0.2, -0.15) is 0 Å². The van der Waals surface area contributed by atoms with Crippen LogP contribution in [0.25, 0.3) is 0 Å². The van der Waals surface area contributed by atoms with E-state index in [1.54, 1.807) is 7.11 Å². The molecular weight excluding hydrogens is 320 g/mol. The summed E-state index contributed by atoms with van der Waals surface area (Å²) in [6.07, 6.45) is 3.05. The Morgan fingerprint density at radius 1 is 1.28 bits per heavy atom. The third-order valence-electron chi connectivity index (χ3n) is 5.11. The number of hydrogen-bond acceptors (Lipinski definition) is 6. The van der Waals surface area contributed by atoms with Crippen LogP contribution in [0.4, 0.5) is 0 Å². The highest BCUT2D eigenvalue weighted by Crippen LogP contribution is 2.20. The van der Waals surface area contributed by atoms with Gasteiger partial charge in [0.05, 0.1) is 13.2 Å². The fourth-order valence-electron chi connectivity index (χ4n) is 3.64. The molecule has 0 aromatic heterocycles. The molecule has 0 bridgehead atoms. The second kappa shape index (κ2) is 8.65. The lowest BCUT2D eigenvalue weighted by Gasteiger charge is -2.22. The number of carbonyl (C=O) groups excluding carboxylic acids is 1. The number of methoxy groups -OCH3 is 1. The normalized spacial score (nSPS) is 28.9. The molecule has 2 heterocycles. The van der Waals surface area contributed by atoms with Gasteiger partial charge in [0.2, 0.25) is 0 Å². The van der Waals surface area contributed by atoms with E-state index in [-0.39, 0.29) is 12.0 Å². The number of nitrogens with one attached hydrogen (secondary N) is 2. The summed E-state index contributed by atoms with van der Waals surface area (Å²) in [5, 5.41) is 16.8. The fraction of sp³-hybridized carbons (Fsp3) is 0.632. The molecule has 0 aliphatic carbocycles. The van der Waals surface area contributed by atoms with E-state index in [4.69, 9.17) is 9.47 Å². The molecule has 0 spiro atoms. The van der Waals surface area contributed by atoms with Gasteiger partial charge in [0, 0.05) is 19.0 Å². The molecule has 2 aliphatic rings. The third kappa shape index (κ3) is 4.93. The first kappa shape index (κ1) is 18.2. The molecule has 6 heteroatoms. The first-order chi connectivity index (χ1) is 12.2. The topological polar surface area (TPSA) is 79.8 Å². The van der Waals surface area contributed by atoms with Gasteiger partial charge in [-0.05, 0) is 49.9 Å². The van der Waals surface area contributed by atoms with E-state index < -0.39 is 12.2 Å². The van der Waals surface area contributed by atoms with Gasteiger partial charge in [0.15, 0.2) is 0 Å². The highest BCUT2D eigenvalue weighted by molar-refractivity contribution is 5.69. The van der Waals surface area contributed by atoms with Crippen LogP contribution in [0, 0.1) is 0 Å². The zero-order chi connectivity index (χ0) is 17.6. The van der Waals surface area contributed by atoms with Gasteiger partial charge in [-0.1, -0.05) is 12.1 Å². The Morgan fingerprint density at radius 2 is 2.08 bits per heavy atom. The minimum Gasteiger partial charge on any atom is -0.497 e. The monoisotopic (exact) mass is 348 g/mol. The molecule has 0 unspecified atom stereocenters. The van der Waals surface area contributed by atoms with E-state index >= 15 is 0 Å².